The summed E-state index contributed by atoms with van der Waals surface area (Å²) in [5.74, 6) is -9.36. The average molecular weight is 306 g/mol. The largest absolute Gasteiger partial charge is 0.496 e. The highest BCUT2D eigenvalue weighted by molar-refractivity contribution is 7.55. The summed E-state index contributed by atoms with van der Waals surface area (Å²) in [6.45, 7) is 0. The molecule has 2 aromatic carbocycles. The molecule has 0 aliphatic carbocycles. The van der Waals surface area contributed by atoms with Crippen LogP contribution in [-0.2, 0) is 0 Å². The summed E-state index contributed by atoms with van der Waals surface area (Å²) in [7, 11) is 0.597. The lowest BCUT2D eigenvalue weighted by Gasteiger charge is -2.11. The SMILES string of the molecule is COc1ccccc1Pc1c(F)c(F)c(F)c(F)c1F. The molecule has 0 saturated carbocycles. The molecule has 7 heteroatoms. The van der Waals surface area contributed by atoms with Crippen molar-refractivity contribution in [2.24, 2.45) is 0 Å². The zero-order valence-corrected chi connectivity index (χ0v) is 11.1. The van der Waals surface area contributed by atoms with Crippen molar-refractivity contribution < 1.29 is 26.7 Å². The van der Waals surface area contributed by atoms with E-state index in [1.807, 2.05) is 0 Å². The number of hydrogen-bond donors (Lipinski definition) is 0. The summed E-state index contributed by atoms with van der Waals surface area (Å²) in [5, 5.41) is -0.510. The maximum Gasteiger partial charge on any atom is 0.200 e. The smallest absolute Gasteiger partial charge is 0.200 e. The molecular weight excluding hydrogens is 298 g/mol. The predicted molar refractivity (Wildman–Crippen MR) is 66.8 cm³/mol. The van der Waals surface area contributed by atoms with E-state index in [0.29, 0.717) is 11.1 Å². The van der Waals surface area contributed by atoms with Crippen LogP contribution in [0.5, 0.6) is 5.75 Å². The first-order valence-electron chi connectivity index (χ1n) is 5.38. The molecule has 0 aromatic heterocycles. The van der Waals surface area contributed by atoms with E-state index in [-0.39, 0.29) is 0 Å². The number of halogens is 5. The third kappa shape index (κ3) is 2.48. The number of para-hydroxylation sites is 1. The van der Waals surface area contributed by atoms with Crippen LogP contribution in [0.25, 0.3) is 0 Å². The van der Waals surface area contributed by atoms with Crippen molar-refractivity contribution in [3.63, 3.8) is 0 Å². The minimum absolute atomic E-state index is 0.315. The molecular formula is C13H8F5OP. The Balaban J connectivity index is 2.54. The lowest BCUT2D eigenvalue weighted by molar-refractivity contribution is 0.384. The molecule has 1 nitrogen and oxygen atoms in total. The van der Waals surface area contributed by atoms with Gasteiger partial charge in [-0.25, -0.2) is 22.0 Å². The van der Waals surface area contributed by atoms with Crippen LogP contribution in [0.4, 0.5) is 22.0 Å². The predicted octanol–water partition coefficient (Wildman–Crippen LogP) is 3.02. The Morgan fingerprint density at radius 3 is 1.85 bits per heavy atom. The van der Waals surface area contributed by atoms with Crippen molar-refractivity contribution >= 4 is 19.2 Å². The summed E-state index contributed by atoms with van der Waals surface area (Å²) in [5.41, 5.74) is 0. The number of methoxy groups -OCH3 is 1. The lowest BCUT2D eigenvalue weighted by atomic mass is 10.3. The van der Waals surface area contributed by atoms with E-state index in [9.17, 15) is 22.0 Å². The van der Waals surface area contributed by atoms with Gasteiger partial charge in [0, 0.05) is 5.30 Å². The third-order valence-electron chi connectivity index (χ3n) is 2.58. The van der Waals surface area contributed by atoms with E-state index in [0.717, 1.165) is 0 Å². The van der Waals surface area contributed by atoms with Crippen LogP contribution >= 0.6 is 8.58 Å². The summed E-state index contributed by atoms with van der Waals surface area (Å²) in [6.07, 6.45) is 0. The maximum absolute atomic E-state index is 13.6. The molecule has 0 spiro atoms. The molecule has 0 saturated heterocycles. The van der Waals surface area contributed by atoms with Crippen LogP contribution in [0.15, 0.2) is 24.3 Å². The molecule has 0 aliphatic rings. The van der Waals surface area contributed by atoms with Gasteiger partial charge >= 0.3 is 0 Å². The summed E-state index contributed by atoms with van der Waals surface area (Å²) >= 11 is 0. The summed E-state index contributed by atoms with van der Waals surface area (Å²) < 4.78 is 71.3. The van der Waals surface area contributed by atoms with Crippen LogP contribution in [0, 0.1) is 29.1 Å². The molecule has 0 aliphatic heterocycles. The zero-order chi connectivity index (χ0) is 14.9. The van der Waals surface area contributed by atoms with Gasteiger partial charge < -0.3 is 4.74 Å². The molecule has 20 heavy (non-hydrogen) atoms. The van der Waals surface area contributed by atoms with E-state index < -0.39 is 43.0 Å². The molecule has 2 rings (SSSR count). The third-order valence-corrected chi connectivity index (χ3v) is 3.95. The number of ether oxygens (including phenoxy) is 1. The van der Waals surface area contributed by atoms with Gasteiger partial charge in [-0.05, 0) is 14.6 Å². The molecule has 0 heterocycles. The minimum atomic E-state index is -2.16. The van der Waals surface area contributed by atoms with Crippen molar-refractivity contribution in [1.82, 2.24) is 0 Å². The fourth-order valence-corrected chi connectivity index (χ4v) is 2.79. The lowest BCUT2D eigenvalue weighted by Crippen LogP contribution is -2.19. The maximum atomic E-state index is 13.6. The molecule has 0 N–H and O–H groups in total. The van der Waals surface area contributed by atoms with Crippen molar-refractivity contribution in [3.05, 3.63) is 53.4 Å². The fraction of sp³-hybridized carbons (Fsp3) is 0.0769. The van der Waals surface area contributed by atoms with Gasteiger partial charge in [-0.15, -0.1) is 0 Å². The van der Waals surface area contributed by atoms with Gasteiger partial charge in [0.25, 0.3) is 0 Å². The van der Waals surface area contributed by atoms with E-state index in [4.69, 9.17) is 4.74 Å². The monoisotopic (exact) mass is 306 g/mol. The van der Waals surface area contributed by atoms with E-state index >= 15 is 0 Å². The summed E-state index contributed by atoms with van der Waals surface area (Å²) in [4.78, 5) is 0. The highest BCUT2D eigenvalue weighted by Gasteiger charge is 2.26. The first kappa shape index (κ1) is 14.7. The fourth-order valence-electron chi connectivity index (χ4n) is 1.60. The van der Waals surface area contributed by atoms with Crippen LogP contribution in [0.3, 0.4) is 0 Å². The van der Waals surface area contributed by atoms with Crippen LogP contribution in [-0.4, -0.2) is 7.11 Å². The molecule has 0 bridgehead atoms. The van der Waals surface area contributed by atoms with Gasteiger partial charge in [-0.3, -0.25) is 0 Å². The number of hydrogen-bond acceptors (Lipinski definition) is 1. The normalized spacial score (nSPS) is 11.3. The topological polar surface area (TPSA) is 9.23 Å². The Morgan fingerprint density at radius 2 is 1.30 bits per heavy atom. The van der Waals surface area contributed by atoms with Crippen LogP contribution in [0.2, 0.25) is 0 Å². The Morgan fingerprint density at radius 1 is 0.800 bits per heavy atom. The second-order valence-electron chi connectivity index (χ2n) is 3.77. The van der Waals surface area contributed by atoms with E-state index in [1.165, 1.54) is 19.2 Å². The van der Waals surface area contributed by atoms with Gasteiger partial charge in [0.2, 0.25) is 5.82 Å². The molecule has 0 fully saturated rings. The first-order valence-corrected chi connectivity index (χ1v) is 6.38. The highest BCUT2D eigenvalue weighted by Crippen LogP contribution is 2.25. The number of rotatable bonds is 3. The average Bonchev–Trinajstić information content (AvgIpc) is 2.48. The second-order valence-corrected chi connectivity index (χ2v) is 5.06. The van der Waals surface area contributed by atoms with Crippen LogP contribution < -0.4 is 15.3 Å². The minimum Gasteiger partial charge on any atom is -0.496 e. The summed E-state index contributed by atoms with van der Waals surface area (Å²) in [6, 6.07) is 6.24. The molecule has 0 radical (unpaired) electrons. The van der Waals surface area contributed by atoms with E-state index in [1.54, 1.807) is 12.1 Å². The molecule has 106 valence electrons. The van der Waals surface area contributed by atoms with Gasteiger partial charge in [-0.2, -0.15) is 0 Å². The Bertz CT molecular complexity index is 630. The van der Waals surface area contributed by atoms with Gasteiger partial charge in [0.1, 0.15) is 5.75 Å². The van der Waals surface area contributed by atoms with Crippen molar-refractivity contribution in [2.45, 2.75) is 0 Å². The molecule has 1 unspecified atom stereocenters. The standard InChI is InChI=1S/C13H8F5OP/c1-19-6-4-2-3-5-7(6)20-13-11(17)9(15)8(14)10(16)12(13)18/h2-5,20H,1H3. The zero-order valence-electron chi connectivity index (χ0n) is 10.1. The quantitative estimate of drug-likeness (QED) is 0.367. The van der Waals surface area contributed by atoms with Crippen LogP contribution in [0.1, 0.15) is 0 Å². The van der Waals surface area contributed by atoms with Crippen molar-refractivity contribution in [2.75, 3.05) is 7.11 Å². The Hall–Kier alpha value is -1.68. The highest BCUT2D eigenvalue weighted by atomic mass is 31.1. The van der Waals surface area contributed by atoms with Gasteiger partial charge in [0.05, 0.1) is 12.4 Å². The second kappa shape index (κ2) is 5.75. The Labute approximate surface area is 113 Å². The molecule has 0 amide bonds. The molecule has 1 atom stereocenters. The Kier molecular flexibility index (Phi) is 4.23. The van der Waals surface area contributed by atoms with Crippen molar-refractivity contribution in [1.29, 1.82) is 0 Å². The van der Waals surface area contributed by atoms with Gasteiger partial charge in [0.15, 0.2) is 23.3 Å². The van der Waals surface area contributed by atoms with Gasteiger partial charge in [-0.1, -0.05) is 18.2 Å². The molecule has 2 aromatic rings. The van der Waals surface area contributed by atoms with Crippen molar-refractivity contribution in [3.8, 4) is 5.75 Å². The van der Waals surface area contributed by atoms with E-state index in [2.05, 4.69) is 0 Å². The first-order chi connectivity index (χ1) is 9.47. The number of benzene rings is 2.